The minimum absolute atomic E-state index is 0.0948. The Bertz CT molecular complexity index is 1000. The fourth-order valence-corrected chi connectivity index (χ4v) is 2.22. The Hall–Kier alpha value is -4.13. The van der Waals surface area contributed by atoms with E-state index in [2.05, 4.69) is 5.10 Å². The fraction of sp³-hybridized carbons (Fsp3) is 0. The first-order valence-corrected chi connectivity index (χ1v) is 7.42. The van der Waals surface area contributed by atoms with E-state index < -0.39 is 42.6 Å². The van der Waals surface area contributed by atoms with Crippen molar-refractivity contribution in [2.24, 2.45) is 5.10 Å². The first-order valence-electron chi connectivity index (χ1n) is 7.05. The highest BCUT2D eigenvalue weighted by atomic mass is 35.5. The molecule has 0 fully saturated rings. The lowest BCUT2D eigenvalue weighted by Crippen LogP contribution is -2.18. The molecular weight excluding hydrogens is 402 g/mol. The van der Waals surface area contributed by atoms with Crippen LogP contribution < -0.4 is 5.43 Å². The van der Waals surface area contributed by atoms with Crippen molar-refractivity contribution in [2.45, 2.75) is 0 Å². The quantitative estimate of drug-likeness (QED) is 0.412. The smallest absolute Gasteiger partial charge is 0.295 e. The molecule has 0 bridgehead atoms. The molecule has 0 aliphatic carbocycles. The minimum Gasteiger partial charge on any atom is -0.507 e. The van der Waals surface area contributed by atoms with E-state index in [0.29, 0.717) is 0 Å². The molecule has 0 atom stereocenters. The van der Waals surface area contributed by atoms with E-state index in [4.69, 9.17) is 11.6 Å². The van der Waals surface area contributed by atoms with E-state index in [0.717, 1.165) is 36.5 Å². The zero-order valence-corrected chi connectivity index (χ0v) is 14.2. The second-order valence-corrected chi connectivity index (χ2v) is 5.42. The molecule has 0 heterocycles. The van der Waals surface area contributed by atoms with Crippen molar-refractivity contribution in [1.29, 1.82) is 0 Å². The van der Waals surface area contributed by atoms with Crippen LogP contribution in [0.4, 0.5) is 17.1 Å². The monoisotopic (exact) mass is 409 g/mol. The molecule has 2 aromatic rings. The van der Waals surface area contributed by atoms with Crippen LogP contribution >= 0.6 is 11.6 Å². The standard InChI is InChI=1S/C14H8ClN5O8/c15-13-10(19(25)26)4-7(5-11(13)20(27)28)14(22)17-16-6-8-3-9(18(23)24)1-2-12(8)21/h1-6,21H,(H,17,22)/b16-6-. The van der Waals surface area contributed by atoms with Gasteiger partial charge in [-0.15, -0.1) is 0 Å². The molecule has 0 unspecified atom stereocenters. The van der Waals surface area contributed by atoms with E-state index >= 15 is 0 Å². The number of carbonyl (C=O) groups is 1. The van der Waals surface area contributed by atoms with Crippen LogP contribution in [0.2, 0.25) is 5.02 Å². The summed E-state index contributed by atoms with van der Waals surface area (Å²) < 4.78 is 0. The van der Waals surface area contributed by atoms with E-state index in [1.165, 1.54) is 0 Å². The van der Waals surface area contributed by atoms with Crippen molar-refractivity contribution in [1.82, 2.24) is 5.43 Å². The summed E-state index contributed by atoms with van der Waals surface area (Å²) in [6, 6.07) is 4.55. The molecule has 1 amide bonds. The lowest BCUT2D eigenvalue weighted by Gasteiger charge is -2.03. The van der Waals surface area contributed by atoms with Gasteiger partial charge in [0.15, 0.2) is 5.02 Å². The third kappa shape index (κ3) is 4.34. The van der Waals surface area contributed by atoms with Crippen LogP contribution in [0.5, 0.6) is 5.75 Å². The molecule has 2 N–H and O–H groups in total. The third-order valence-electron chi connectivity index (χ3n) is 3.28. The summed E-state index contributed by atoms with van der Waals surface area (Å²) in [4.78, 5) is 42.0. The van der Waals surface area contributed by atoms with Crippen LogP contribution in [-0.2, 0) is 0 Å². The second kappa shape index (κ2) is 8.05. The number of nitro benzene ring substituents is 3. The highest BCUT2D eigenvalue weighted by Gasteiger charge is 2.27. The van der Waals surface area contributed by atoms with Gasteiger partial charge in [-0.1, -0.05) is 11.6 Å². The largest absolute Gasteiger partial charge is 0.507 e. The Balaban J connectivity index is 2.30. The number of phenolic OH excluding ortho intramolecular Hbond substituents is 1. The highest BCUT2D eigenvalue weighted by Crippen LogP contribution is 2.34. The first kappa shape index (κ1) is 20.2. The summed E-state index contributed by atoms with van der Waals surface area (Å²) in [6.07, 6.45) is 0.888. The third-order valence-corrected chi connectivity index (χ3v) is 3.67. The lowest BCUT2D eigenvalue weighted by atomic mass is 10.1. The van der Waals surface area contributed by atoms with Crippen LogP contribution in [-0.4, -0.2) is 32.0 Å². The van der Waals surface area contributed by atoms with Gasteiger partial charge in [-0.05, 0) is 6.07 Å². The maximum atomic E-state index is 12.1. The highest BCUT2D eigenvalue weighted by molar-refractivity contribution is 6.35. The number of amides is 1. The van der Waals surface area contributed by atoms with Gasteiger partial charge in [-0.3, -0.25) is 35.1 Å². The number of carbonyl (C=O) groups excluding carboxylic acids is 1. The van der Waals surface area contributed by atoms with Crippen molar-refractivity contribution in [3.05, 3.63) is 76.8 Å². The van der Waals surface area contributed by atoms with E-state index in [1.54, 1.807) is 0 Å². The van der Waals surface area contributed by atoms with Crippen LogP contribution in [0.1, 0.15) is 15.9 Å². The number of hydrazone groups is 1. The number of hydrogen-bond donors (Lipinski definition) is 2. The fourth-order valence-electron chi connectivity index (χ4n) is 1.97. The molecule has 14 heteroatoms. The number of halogens is 1. The van der Waals surface area contributed by atoms with Crippen molar-refractivity contribution in [3.8, 4) is 5.75 Å². The average Bonchev–Trinajstić information content (AvgIpc) is 2.62. The molecule has 0 aromatic heterocycles. The summed E-state index contributed by atoms with van der Waals surface area (Å²) in [5.41, 5.74) is -0.658. The molecule has 0 spiro atoms. The van der Waals surface area contributed by atoms with Crippen molar-refractivity contribution < 1.29 is 24.7 Å². The van der Waals surface area contributed by atoms with Crippen molar-refractivity contribution in [2.75, 3.05) is 0 Å². The van der Waals surface area contributed by atoms with Crippen LogP contribution in [0.15, 0.2) is 35.4 Å². The maximum absolute atomic E-state index is 12.1. The molecule has 13 nitrogen and oxygen atoms in total. The van der Waals surface area contributed by atoms with Gasteiger partial charge in [0, 0.05) is 29.8 Å². The Morgan fingerprint density at radius 2 is 1.61 bits per heavy atom. The van der Waals surface area contributed by atoms with Gasteiger partial charge >= 0.3 is 0 Å². The predicted molar refractivity (Wildman–Crippen MR) is 94.6 cm³/mol. The Kier molecular flexibility index (Phi) is 5.80. The summed E-state index contributed by atoms with van der Waals surface area (Å²) >= 11 is 5.59. The first-order chi connectivity index (χ1) is 13.1. The van der Waals surface area contributed by atoms with Crippen molar-refractivity contribution in [3.63, 3.8) is 0 Å². The number of rotatable bonds is 6. The lowest BCUT2D eigenvalue weighted by molar-refractivity contribution is -0.393. The molecular formula is C14H8ClN5O8. The number of non-ortho nitro benzene ring substituents is 1. The predicted octanol–water partition coefficient (Wildman–Crippen LogP) is 2.53. The zero-order chi connectivity index (χ0) is 21.0. The number of aromatic hydroxyl groups is 1. The second-order valence-electron chi connectivity index (χ2n) is 5.04. The van der Waals surface area contributed by atoms with Gasteiger partial charge in [0.25, 0.3) is 23.0 Å². The van der Waals surface area contributed by atoms with Gasteiger partial charge in [0.05, 0.1) is 26.5 Å². The van der Waals surface area contributed by atoms with Gasteiger partial charge in [-0.25, -0.2) is 5.43 Å². The number of nitro groups is 3. The SMILES string of the molecule is O=C(N/N=C\c1cc([N+](=O)[O-])ccc1O)c1cc([N+](=O)[O-])c(Cl)c([N+](=O)[O-])c1. The number of benzene rings is 2. The molecule has 0 saturated carbocycles. The topological polar surface area (TPSA) is 191 Å². The molecule has 0 aliphatic rings. The van der Waals surface area contributed by atoms with Crippen LogP contribution in [0, 0.1) is 30.3 Å². The number of nitrogens with zero attached hydrogens (tertiary/aromatic N) is 4. The van der Waals surface area contributed by atoms with E-state index in [1.807, 2.05) is 5.43 Å². The Labute approximate surface area is 159 Å². The Morgan fingerprint density at radius 1 is 1.04 bits per heavy atom. The molecule has 0 saturated heterocycles. The molecule has 0 aliphatic heterocycles. The summed E-state index contributed by atoms with van der Waals surface area (Å²) in [6.45, 7) is 0. The van der Waals surface area contributed by atoms with Gasteiger partial charge in [0.1, 0.15) is 5.75 Å². The van der Waals surface area contributed by atoms with E-state index in [9.17, 15) is 40.2 Å². The summed E-state index contributed by atoms with van der Waals surface area (Å²) in [5.74, 6) is -1.41. The normalized spacial score (nSPS) is 10.6. The summed E-state index contributed by atoms with van der Waals surface area (Å²) in [5, 5.41) is 45.0. The van der Waals surface area contributed by atoms with Crippen LogP contribution in [0.25, 0.3) is 0 Å². The van der Waals surface area contributed by atoms with Gasteiger partial charge in [0.2, 0.25) is 0 Å². The minimum atomic E-state index is -1.05. The average molecular weight is 410 g/mol. The number of hydrogen-bond acceptors (Lipinski definition) is 9. The molecule has 2 aromatic carbocycles. The van der Waals surface area contributed by atoms with Gasteiger partial charge in [-0.2, -0.15) is 5.10 Å². The number of nitrogens with one attached hydrogen (secondary N) is 1. The molecule has 144 valence electrons. The zero-order valence-electron chi connectivity index (χ0n) is 13.4. The summed E-state index contributed by atoms with van der Waals surface area (Å²) in [7, 11) is 0. The molecule has 0 radical (unpaired) electrons. The van der Waals surface area contributed by atoms with Crippen molar-refractivity contribution >= 4 is 40.8 Å². The Morgan fingerprint density at radius 3 is 2.11 bits per heavy atom. The molecule has 28 heavy (non-hydrogen) atoms. The van der Waals surface area contributed by atoms with E-state index in [-0.39, 0.29) is 17.0 Å². The molecule has 2 rings (SSSR count). The number of phenols is 1. The maximum Gasteiger partial charge on any atom is 0.295 e. The van der Waals surface area contributed by atoms with Crippen LogP contribution in [0.3, 0.4) is 0 Å². The van der Waals surface area contributed by atoms with Gasteiger partial charge < -0.3 is 5.11 Å².